The Kier molecular flexibility index (Phi) is 7.06. The van der Waals surface area contributed by atoms with Crippen LogP contribution in [0.5, 0.6) is 0 Å². The summed E-state index contributed by atoms with van der Waals surface area (Å²) in [6.07, 6.45) is 10.8. The van der Waals surface area contributed by atoms with Crippen LogP contribution in [0.3, 0.4) is 0 Å². The summed E-state index contributed by atoms with van der Waals surface area (Å²) in [6.45, 7) is 4.49. The summed E-state index contributed by atoms with van der Waals surface area (Å²) in [4.78, 5) is 0. The van der Waals surface area contributed by atoms with Crippen LogP contribution in [0.1, 0.15) is 71.6 Å². The summed E-state index contributed by atoms with van der Waals surface area (Å²) >= 11 is 0. The van der Waals surface area contributed by atoms with E-state index in [2.05, 4.69) is 19.2 Å². The fourth-order valence-corrected chi connectivity index (χ4v) is 2.79. The minimum absolute atomic E-state index is 0.112. The Morgan fingerprint density at radius 2 is 1.69 bits per heavy atom. The Labute approximate surface area is 101 Å². The van der Waals surface area contributed by atoms with Gasteiger partial charge in [0.1, 0.15) is 0 Å². The van der Waals surface area contributed by atoms with Crippen molar-refractivity contribution in [1.82, 2.24) is 5.32 Å². The predicted molar refractivity (Wildman–Crippen MR) is 69.6 cm³/mol. The van der Waals surface area contributed by atoms with Crippen molar-refractivity contribution in [2.24, 2.45) is 0 Å². The van der Waals surface area contributed by atoms with Gasteiger partial charge in [-0.25, -0.2) is 0 Å². The molecule has 0 spiro atoms. The molecule has 0 heterocycles. The molecule has 0 radical (unpaired) electrons. The van der Waals surface area contributed by atoms with Crippen LogP contribution in [0.15, 0.2) is 0 Å². The molecule has 0 aliphatic heterocycles. The normalized spacial score (nSPS) is 27.0. The lowest BCUT2D eigenvalue weighted by molar-refractivity contribution is 0.111. The summed E-state index contributed by atoms with van der Waals surface area (Å²) in [7, 11) is 0. The summed E-state index contributed by atoms with van der Waals surface area (Å²) in [6, 6.07) is 0.971. The molecule has 0 aromatic carbocycles. The van der Waals surface area contributed by atoms with Gasteiger partial charge in [0, 0.05) is 12.1 Å². The number of nitrogens with one attached hydrogen (secondary N) is 1. The summed E-state index contributed by atoms with van der Waals surface area (Å²) in [5, 5.41) is 13.8. The molecule has 16 heavy (non-hydrogen) atoms. The summed E-state index contributed by atoms with van der Waals surface area (Å²) in [5.74, 6) is 0. The number of aliphatic hydroxyl groups is 1. The monoisotopic (exact) mass is 227 g/mol. The van der Waals surface area contributed by atoms with E-state index in [-0.39, 0.29) is 6.10 Å². The molecular formula is C14H29NO. The first-order valence-electron chi connectivity index (χ1n) is 7.22. The number of rotatable bonds is 6. The van der Waals surface area contributed by atoms with Crippen LogP contribution in [0.2, 0.25) is 0 Å². The van der Waals surface area contributed by atoms with Crippen LogP contribution >= 0.6 is 0 Å². The zero-order valence-electron chi connectivity index (χ0n) is 11.0. The largest absolute Gasteiger partial charge is 0.392 e. The van der Waals surface area contributed by atoms with E-state index < -0.39 is 0 Å². The molecule has 2 atom stereocenters. The van der Waals surface area contributed by atoms with Crippen molar-refractivity contribution in [3.05, 3.63) is 0 Å². The molecule has 0 aromatic rings. The number of hydrogen-bond acceptors (Lipinski definition) is 2. The molecule has 2 nitrogen and oxygen atoms in total. The molecule has 1 aliphatic rings. The molecule has 2 unspecified atom stereocenters. The van der Waals surface area contributed by atoms with E-state index in [1.54, 1.807) is 0 Å². The molecule has 0 aromatic heterocycles. The first kappa shape index (κ1) is 14.0. The topological polar surface area (TPSA) is 32.3 Å². The van der Waals surface area contributed by atoms with Crippen LogP contribution in [0.25, 0.3) is 0 Å². The molecule has 2 heteroatoms. The molecule has 1 saturated carbocycles. The van der Waals surface area contributed by atoms with Crippen molar-refractivity contribution in [2.75, 3.05) is 0 Å². The molecule has 0 saturated heterocycles. The van der Waals surface area contributed by atoms with E-state index in [0.717, 1.165) is 12.8 Å². The van der Waals surface area contributed by atoms with E-state index in [1.165, 1.54) is 44.9 Å². The third kappa shape index (κ3) is 4.84. The molecule has 1 aliphatic carbocycles. The van der Waals surface area contributed by atoms with Gasteiger partial charge in [0.2, 0.25) is 0 Å². The highest BCUT2D eigenvalue weighted by molar-refractivity contribution is 4.82. The molecule has 1 rings (SSSR count). The Balaban J connectivity index is 2.40. The highest BCUT2D eigenvalue weighted by Gasteiger charge is 2.23. The zero-order chi connectivity index (χ0) is 11.8. The van der Waals surface area contributed by atoms with Crippen molar-refractivity contribution >= 4 is 0 Å². The Bertz CT molecular complexity index is 166. The lowest BCUT2D eigenvalue weighted by atomic mass is 10.0. The molecule has 0 bridgehead atoms. The van der Waals surface area contributed by atoms with Gasteiger partial charge in [0.05, 0.1) is 6.10 Å². The summed E-state index contributed by atoms with van der Waals surface area (Å²) in [5.41, 5.74) is 0. The third-order valence-corrected chi connectivity index (χ3v) is 3.70. The fraction of sp³-hybridized carbons (Fsp3) is 1.00. The van der Waals surface area contributed by atoms with E-state index >= 15 is 0 Å². The predicted octanol–water partition coefficient (Wildman–Crippen LogP) is 3.24. The standard InChI is InChI=1S/C14H29NO/c1-3-8-12(9-4-2)15-13-10-6-5-7-11-14(13)16/h12-16H,3-11H2,1-2H3. The van der Waals surface area contributed by atoms with Crippen molar-refractivity contribution in [1.29, 1.82) is 0 Å². The summed E-state index contributed by atoms with van der Waals surface area (Å²) < 4.78 is 0. The van der Waals surface area contributed by atoms with Gasteiger partial charge in [-0.2, -0.15) is 0 Å². The third-order valence-electron chi connectivity index (χ3n) is 3.70. The van der Waals surface area contributed by atoms with E-state index in [9.17, 15) is 5.11 Å². The van der Waals surface area contributed by atoms with Crippen molar-refractivity contribution in [3.8, 4) is 0 Å². The van der Waals surface area contributed by atoms with E-state index in [1.807, 2.05) is 0 Å². The molecule has 96 valence electrons. The first-order chi connectivity index (χ1) is 7.77. The molecule has 2 N–H and O–H groups in total. The molecule has 1 fully saturated rings. The quantitative estimate of drug-likeness (QED) is 0.683. The van der Waals surface area contributed by atoms with Gasteiger partial charge >= 0.3 is 0 Å². The van der Waals surface area contributed by atoms with Crippen LogP contribution in [0.4, 0.5) is 0 Å². The Morgan fingerprint density at radius 1 is 1.06 bits per heavy atom. The van der Waals surface area contributed by atoms with Gasteiger partial charge in [-0.3, -0.25) is 0 Å². The second-order valence-electron chi connectivity index (χ2n) is 5.25. The van der Waals surface area contributed by atoms with Gasteiger partial charge in [-0.1, -0.05) is 46.0 Å². The molecular weight excluding hydrogens is 198 g/mol. The minimum Gasteiger partial charge on any atom is -0.392 e. The second kappa shape index (κ2) is 8.08. The van der Waals surface area contributed by atoms with Crippen LogP contribution in [-0.2, 0) is 0 Å². The smallest absolute Gasteiger partial charge is 0.0693 e. The van der Waals surface area contributed by atoms with Gasteiger partial charge < -0.3 is 10.4 Å². The second-order valence-corrected chi connectivity index (χ2v) is 5.25. The van der Waals surface area contributed by atoms with Crippen LogP contribution < -0.4 is 5.32 Å². The van der Waals surface area contributed by atoms with E-state index in [0.29, 0.717) is 12.1 Å². The zero-order valence-corrected chi connectivity index (χ0v) is 11.0. The Morgan fingerprint density at radius 3 is 2.31 bits per heavy atom. The number of hydrogen-bond donors (Lipinski definition) is 2. The van der Waals surface area contributed by atoms with Gasteiger partial charge in [0.15, 0.2) is 0 Å². The Hall–Kier alpha value is -0.0800. The maximum Gasteiger partial charge on any atom is 0.0693 e. The SMILES string of the molecule is CCCC(CCC)NC1CCCCCC1O. The maximum atomic E-state index is 10.1. The van der Waals surface area contributed by atoms with Crippen molar-refractivity contribution < 1.29 is 5.11 Å². The number of aliphatic hydroxyl groups excluding tert-OH is 1. The lowest BCUT2D eigenvalue weighted by Crippen LogP contribution is -2.44. The average Bonchev–Trinajstić information content (AvgIpc) is 2.45. The van der Waals surface area contributed by atoms with Crippen LogP contribution in [-0.4, -0.2) is 23.3 Å². The van der Waals surface area contributed by atoms with Crippen LogP contribution in [0, 0.1) is 0 Å². The van der Waals surface area contributed by atoms with Crippen molar-refractivity contribution in [2.45, 2.75) is 89.8 Å². The van der Waals surface area contributed by atoms with E-state index in [4.69, 9.17) is 0 Å². The highest BCUT2D eigenvalue weighted by atomic mass is 16.3. The molecule has 0 amide bonds. The van der Waals surface area contributed by atoms with Gasteiger partial charge in [0.25, 0.3) is 0 Å². The maximum absolute atomic E-state index is 10.1. The van der Waals surface area contributed by atoms with Gasteiger partial charge in [-0.05, 0) is 25.7 Å². The van der Waals surface area contributed by atoms with Crippen molar-refractivity contribution in [3.63, 3.8) is 0 Å². The fourth-order valence-electron chi connectivity index (χ4n) is 2.79. The average molecular weight is 227 g/mol. The van der Waals surface area contributed by atoms with Gasteiger partial charge in [-0.15, -0.1) is 0 Å². The highest BCUT2D eigenvalue weighted by Crippen LogP contribution is 2.19. The lowest BCUT2D eigenvalue weighted by Gasteiger charge is -2.27. The first-order valence-corrected chi connectivity index (χ1v) is 7.22. The minimum atomic E-state index is -0.112.